The normalized spacial score (nSPS) is 10.6. The second kappa shape index (κ2) is 5.87. The van der Waals surface area contributed by atoms with Crippen LogP contribution >= 0.6 is 0 Å². The van der Waals surface area contributed by atoms with Gasteiger partial charge in [-0.1, -0.05) is 30.4 Å². The van der Waals surface area contributed by atoms with Crippen molar-refractivity contribution in [3.8, 4) is 11.5 Å². The average Bonchev–Trinajstić information content (AvgIpc) is 2.46. The van der Waals surface area contributed by atoms with Crippen LogP contribution in [-0.2, 0) is 0 Å². The van der Waals surface area contributed by atoms with E-state index in [1.807, 2.05) is 36.4 Å². The van der Waals surface area contributed by atoms with Crippen LogP contribution in [0.4, 0.5) is 0 Å². The Kier molecular flexibility index (Phi) is 3.98. The summed E-state index contributed by atoms with van der Waals surface area (Å²) < 4.78 is 5.15. The Morgan fingerprint density at radius 3 is 2.47 bits per heavy atom. The summed E-state index contributed by atoms with van der Waals surface area (Å²) in [5.74, 6) is 0.787. The van der Waals surface area contributed by atoms with Crippen LogP contribution in [0.2, 0.25) is 0 Å². The Morgan fingerprint density at radius 1 is 1.05 bits per heavy atom. The first-order chi connectivity index (χ1) is 9.22. The zero-order chi connectivity index (χ0) is 13.7. The third-order valence-electron chi connectivity index (χ3n) is 2.74. The van der Waals surface area contributed by atoms with E-state index in [0.717, 1.165) is 16.9 Å². The molecule has 2 aromatic carbocycles. The highest BCUT2D eigenvalue weighted by Crippen LogP contribution is 2.19. The van der Waals surface area contributed by atoms with Gasteiger partial charge in [0.1, 0.15) is 11.5 Å². The smallest absolute Gasteiger partial charge is 0.153 e. The van der Waals surface area contributed by atoms with Crippen molar-refractivity contribution in [2.24, 2.45) is 0 Å². The molecule has 3 heteroatoms. The van der Waals surface area contributed by atoms with Crippen molar-refractivity contribution in [1.29, 1.82) is 0 Å². The minimum Gasteiger partial charge on any atom is -0.507 e. The Hall–Kier alpha value is -2.55. The summed E-state index contributed by atoms with van der Waals surface area (Å²) >= 11 is 0. The van der Waals surface area contributed by atoms with Crippen LogP contribution in [0.1, 0.15) is 21.5 Å². The number of benzene rings is 2. The standard InChI is InChI=1S/C16H14O3/c1-19-15-4-2-3-12(10-15)5-6-13-7-8-16(18)14(9-13)11-17/h2-11,18H,1H3/b6-5+. The second-order valence-corrected chi connectivity index (χ2v) is 4.05. The van der Waals surface area contributed by atoms with Gasteiger partial charge in [-0.3, -0.25) is 4.79 Å². The van der Waals surface area contributed by atoms with Gasteiger partial charge < -0.3 is 9.84 Å². The van der Waals surface area contributed by atoms with E-state index >= 15 is 0 Å². The largest absolute Gasteiger partial charge is 0.507 e. The number of phenols is 1. The van der Waals surface area contributed by atoms with Gasteiger partial charge in [-0.05, 0) is 35.4 Å². The fourth-order valence-corrected chi connectivity index (χ4v) is 1.71. The van der Waals surface area contributed by atoms with E-state index in [9.17, 15) is 9.90 Å². The molecular formula is C16H14O3. The van der Waals surface area contributed by atoms with Gasteiger partial charge in [0.05, 0.1) is 12.7 Å². The lowest BCUT2D eigenvalue weighted by Gasteiger charge is -2.01. The molecule has 0 amide bonds. The van der Waals surface area contributed by atoms with Crippen LogP contribution in [0.15, 0.2) is 42.5 Å². The SMILES string of the molecule is COc1cccc(/C=C/c2ccc(O)c(C=O)c2)c1. The molecule has 1 N–H and O–H groups in total. The minimum absolute atomic E-state index is 0.00599. The molecule has 0 radical (unpaired) electrons. The Morgan fingerprint density at radius 2 is 1.79 bits per heavy atom. The molecule has 96 valence electrons. The van der Waals surface area contributed by atoms with E-state index < -0.39 is 0 Å². The number of rotatable bonds is 4. The number of hydrogen-bond donors (Lipinski definition) is 1. The molecule has 2 rings (SSSR count). The van der Waals surface area contributed by atoms with Crippen LogP contribution in [0.25, 0.3) is 12.2 Å². The first-order valence-corrected chi connectivity index (χ1v) is 5.83. The summed E-state index contributed by atoms with van der Waals surface area (Å²) in [6.45, 7) is 0. The van der Waals surface area contributed by atoms with Crippen molar-refractivity contribution in [3.05, 3.63) is 59.2 Å². The summed E-state index contributed by atoms with van der Waals surface area (Å²) in [5.41, 5.74) is 2.13. The van der Waals surface area contributed by atoms with Crippen molar-refractivity contribution in [3.63, 3.8) is 0 Å². The molecule has 0 saturated heterocycles. The van der Waals surface area contributed by atoms with Crippen molar-refractivity contribution in [2.45, 2.75) is 0 Å². The maximum Gasteiger partial charge on any atom is 0.153 e. The third-order valence-corrected chi connectivity index (χ3v) is 2.74. The van der Waals surface area contributed by atoms with Gasteiger partial charge >= 0.3 is 0 Å². The summed E-state index contributed by atoms with van der Waals surface area (Å²) in [4.78, 5) is 10.7. The van der Waals surface area contributed by atoms with Crippen molar-refractivity contribution >= 4 is 18.4 Å². The first-order valence-electron chi connectivity index (χ1n) is 5.83. The van der Waals surface area contributed by atoms with Crippen LogP contribution < -0.4 is 4.74 Å². The molecule has 3 nitrogen and oxygen atoms in total. The molecule has 19 heavy (non-hydrogen) atoms. The van der Waals surface area contributed by atoms with E-state index in [2.05, 4.69) is 0 Å². The summed E-state index contributed by atoms with van der Waals surface area (Å²) in [6.07, 6.45) is 4.43. The zero-order valence-electron chi connectivity index (χ0n) is 10.5. The first kappa shape index (κ1) is 12.9. The highest BCUT2D eigenvalue weighted by molar-refractivity contribution is 5.81. The Balaban J connectivity index is 2.24. The van der Waals surface area contributed by atoms with E-state index in [1.165, 1.54) is 6.07 Å². The topological polar surface area (TPSA) is 46.5 Å². The third kappa shape index (κ3) is 3.22. The van der Waals surface area contributed by atoms with Gasteiger partial charge in [0.15, 0.2) is 6.29 Å². The number of ether oxygens (including phenoxy) is 1. The van der Waals surface area contributed by atoms with Crippen molar-refractivity contribution < 1.29 is 14.6 Å². The average molecular weight is 254 g/mol. The monoisotopic (exact) mass is 254 g/mol. The van der Waals surface area contributed by atoms with E-state index in [1.54, 1.807) is 19.2 Å². The predicted molar refractivity (Wildman–Crippen MR) is 75.4 cm³/mol. The fraction of sp³-hybridized carbons (Fsp3) is 0.0625. The molecular weight excluding hydrogens is 240 g/mol. The maximum absolute atomic E-state index is 10.7. The molecule has 0 saturated carbocycles. The lowest BCUT2D eigenvalue weighted by Crippen LogP contribution is -1.83. The molecule has 0 atom stereocenters. The molecule has 0 heterocycles. The number of carbonyl (C=O) groups excluding carboxylic acids is 1. The molecule has 0 aliphatic heterocycles. The minimum atomic E-state index is -0.00599. The molecule has 0 aromatic heterocycles. The highest BCUT2D eigenvalue weighted by Gasteiger charge is 1.99. The number of carbonyl (C=O) groups is 1. The quantitative estimate of drug-likeness (QED) is 0.672. The zero-order valence-corrected chi connectivity index (χ0v) is 10.5. The number of hydrogen-bond acceptors (Lipinski definition) is 3. The second-order valence-electron chi connectivity index (χ2n) is 4.05. The molecule has 0 fully saturated rings. The van der Waals surface area contributed by atoms with Crippen LogP contribution in [0.3, 0.4) is 0 Å². The van der Waals surface area contributed by atoms with E-state index in [0.29, 0.717) is 6.29 Å². The van der Waals surface area contributed by atoms with Gasteiger partial charge in [-0.2, -0.15) is 0 Å². The highest BCUT2D eigenvalue weighted by atomic mass is 16.5. The van der Waals surface area contributed by atoms with Crippen molar-refractivity contribution in [2.75, 3.05) is 7.11 Å². The molecule has 0 aliphatic carbocycles. The molecule has 0 bridgehead atoms. The Bertz CT molecular complexity index is 615. The van der Waals surface area contributed by atoms with Crippen LogP contribution in [0, 0.1) is 0 Å². The number of methoxy groups -OCH3 is 1. The van der Waals surface area contributed by atoms with Crippen LogP contribution in [0.5, 0.6) is 11.5 Å². The number of aromatic hydroxyl groups is 1. The van der Waals surface area contributed by atoms with Crippen molar-refractivity contribution in [1.82, 2.24) is 0 Å². The lowest BCUT2D eigenvalue weighted by molar-refractivity contribution is 0.112. The summed E-state index contributed by atoms with van der Waals surface area (Å²) in [5, 5.41) is 9.42. The molecule has 0 spiro atoms. The summed E-state index contributed by atoms with van der Waals surface area (Å²) in [7, 11) is 1.62. The lowest BCUT2D eigenvalue weighted by atomic mass is 10.1. The van der Waals surface area contributed by atoms with Gasteiger partial charge in [0.25, 0.3) is 0 Å². The molecule has 0 unspecified atom stereocenters. The van der Waals surface area contributed by atoms with E-state index in [4.69, 9.17) is 4.74 Å². The van der Waals surface area contributed by atoms with E-state index in [-0.39, 0.29) is 11.3 Å². The number of phenolic OH excluding ortho intramolecular Hbond substituents is 1. The van der Waals surface area contributed by atoms with Gasteiger partial charge in [0, 0.05) is 0 Å². The molecule has 0 aliphatic rings. The Labute approximate surface area is 111 Å². The molecule has 2 aromatic rings. The fourth-order valence-electron chi connectivity index (χ4n) is 1.71. The van der Waals surface area contributed by atoms with Crippen LogP contribution in [-0.4, -0.2) is 18.5 Å². The van der Waals surface area contributed by atoms with Gasteiger partial charge in [-0.25, -0.2) is 0 Å². The van der Waals surface area contributed by atoms with Gasteiger partial charge in [-0.15, -0.1) is 0 Å². The predicted octanol–water partition coefficient (Wildman–Crippen LogP) is 3.38. The maximum atomic E-state index is 10.7. The number of aldehydes is 1. The summed E-state index contributed by atoms with van der Waals surface area (Å²) in [6, 6.07) is 12.6. The van der Waals surface area contributed by atoms with Gasteiger partial charge in [0.2, 0.25) is 0 Å².